The van der Waals surface area contributed by atoms with Crippen molar-refractivity contribution in [1.29, 1.82) is 0 Å². The largest absolute Gasteiger partial charge is 0.368 e. The van der Waals surface area contributed by atoms with E-state index in [2.05, 4.69) is 29.2 Å². The van der Waals surface area contributed by atoms with Crippen LogP contribution in [0.3, 0.4) is 0 Å². The standard InChI is InChI=1S/C14H24FN3/c1-4-18(12-10-16-9-11-17(2)3)14-8-6-5-7-13(14)15/h5-8,16H,4,9-12H2,1-3H3. The smallest absolute Gasteiger partial charge is 0.146 e. The minimum atomic E-state index is -0.146. The number of likely N-dealkylation sites (N-methyl/N-ethyl adjacent to an activating group) is 2. The predicted molar refractivity (Wildman–Crippen MR) is 75.7 cm³/mol. The molecule has 0 aliphatic carbocycles. The lowest BCUT2D eigenvalue weighted by molar-refractivity contribution is 0.401. The first-order valence-electron chi connectivity index (χ1n) is 6.50. The van der Waals surface area contributed by atoms with Crippen LogP contribution in [0.5, 0.6) is 0 Å². The number of hydrogen-bond donors (Lipinski definition) is 1. The molecule has 3 nitrogen and oxygen atoms in total. The fourth-order valence-corrected chi connectivity index (χ4v) is 1.80. The summed E-state index contributed by atoms with van der Waals surface area (Å²) in [4.78, 5) is 4.19. The van der Waals surface area contributed by atoms with E-state index in [4.69, 9.17) is 0 Å². The highest BCUT2D eigenvalue weighted by atomic mass is 19.1. The Bertz CT molecular complexity index is 342. The minimum absolute atomic E-state index is 0.146. The Kier molecular flexibility index (Phi) is 6.68. The van der Waals surface area contributed by atoms with Crippen LogP contribution in [-0.2, 0) is 0 Å². The number of hydrogen-bond acceptors (Lipinski definition) is 3. The maximum absolute atomic E-state index is 13.6. The van der Waals surface area contributed by atoms with Gasteiger partial charge in [-0.1, -0.05) is 12.1 Å². The summed E-state index contributed by atoms with van der Waals surface area (Å²) in [7, 11) is 4.11. The Balaban J connectivity index is 2.36. The fraction of sp³-hybridized carbons (Fsp3) is 0.571. The van der Waals surface area contributed by atoms with Crippen molar-refractivity contribution in [2.45, 2.75) is 6.92 Å². The molecular formula is C14H24FN3. The molecule has 0 saturated carbocycles. The minimum Gasteiger partial charge on any atom is -0.368 e. The number of halogens is 1. The van der Waals surface area contributed by atoms with E-state index in [9.17, 15) is 4.39 Å². The van der Waals surface area contributed by atoms with Crippen molar-refractivity contribution >= 4 is 5.69 Å². The third-order valence-corrected chi connectivity index (χ3v) is 2.87. The third kappa shape index (κ3) is 5.02. The van der Waals surface area contributed by atoms with Gasteiger partial charge in [-0.25, -0.2) is 4.39 Å². The van der Waals surface area contributed by atoms with Gasteiger partial charge in [-0.05, 0) is 33.2 Å². The number of para-hydroxylation sites is 1. The second kappa shape index (κ2) is 8.06. The van der Waals surface area contributed by atoms with Crippen molar-refractivity contribution in [3.63, 3.8) is 0 Å². The summed E-state index contributed by atoms with van der Waals surface area (Å²) in [6.45, 7) is 6.54. The maximum atomic E-state index is 13.6. The zero-order chi connectivity index (χ0) is 13.4. The van der Waals surface area contributed by atoms with Gasteiger partial charge < -0.3 is 15.1 Å². The summed E-state index contributed by atoms with van der Waals surface area (Å²) >= 11 is 0. The Labute approximate surface area is 110 Å². The first-order chi connectivity index (χ1) is 8.65. The summed E-state index contributed by atoms with van der Waals surface area (Å²) in [5, 5.41) is 3.36. The Morgan fingerprint density at radius 3 is 2.39 bits per heavy atom. The molecule has 0 aromatic heterocycles. The van der Waals surface area contributed by atoms with Gasteiger partial charge in [0.15, 0.2) is 0 Å². The second-order valence-corrected chi connectivity index (χ2v) is 4.58. The number of nitrogens with one attached hydrogen (secondary N) is 1. The Morgan fingerprint density at radius 2 is 1.78 bits per heavy atom. The second-order valence-electron chi connectivity index (χ2n) is 4.58. The van der Waals surface area contributed by atoms with Crippen LogP contribution in [0.4, 0.5) is 10.1 Å². The van der Waals surface area contributed by atoms with Gasteiger partial charge in [0, 0.05) is 32.7 Å². The molecule has 0 unspecified atom stereocenters. The van der Waals surface area contributed by atoms with Crippen molar-refractivity contribution < 1.29 is 4.39 Å². The lowest BCUT2D eigenvalue weighted by Gasteiger charge is -2.24. The van der Waals surface area contributed by atoms with Gasteiger partial charge in [0.1, 0.15) is 5.82 Å². The molecular weight excluding hydrogens is 229 g/mol. The molecule has 0 heterocycles. The van der Waals surface area contributed by atoms with E-state index in [1.165, 1.54) is 6.07 Å². The van der Waals surface area contributed by atoms with Gasteiger partial charge >= 0.3 is 0 Å². The van der Waals surface area contributed by atoms with E-state index < -0.39 is 0 Å². The molecule has 4 heteroatoms. The van der Waals surface area contributed by atoms with Gasteiger partial charge in [-0.15, -0.1) is 0 Å². The van der Waals surface area contributed by atoms with Crippen LogP contribution in [0, 0.1) is 5.82 Å². The van der Waals surface area contributed by atoms with E-state index in [1.54, 1.807) is 6.07 Å². The summed E-state index contributed by atoms with van der Waals surface area (Å²) in [6.07, 6.45) is 0. The van der Waals surface area contributed by atoms with Crippen LogP contribution in [-0.4, -0.2) is 51.7 Å². The van der Waals surface area contributed by atoms with Gasteiger partial charge in [0.05, 0.1) is 5.69 Å². The summed E-state index contributed by atoms with van der Waals surface area (Å²) in [5.74, 6) is -0.146. The molecule has 0 saturated heterocycles. The highest BCUT2D eigenvalue weighted by molar-refractivity contribution is 5.47. The van der Waals surface area contributed by atoms with Gasteiger partial charge in [0.2, 0.25) is 0 Å². The van der Waals surface area contributed by atoms with E-state index in [0.717, 1.165) is 32.7 Å². The average Bonchev–Trinajstić information content (AvgIpc) is 2.35. The lowest BCUT2D eigenvalue weighted by Crippen LogP contribution is -2.35. The molecule has 1 rings (SSSR count). The van der Waals surface area contributed by atoms with Crippen LogP contribution in [0.1, 0.15) is 6.92 Å². The maximum Gasteiger partial charge on any atom is 0.146 e. The Hall–Kier alpha value is -1.13. The number of rotatable bonds is 8. The normalized spacial score (nSPS) is 10.9. The van der Waals surface area contributed by atoms with Crippen LogP contribution >= 0.6 is 0 Å². The molecule has 0 bridgehead atoms. The van der Waals surface area contributed by atoms with Crippen molar-refractivity contribution in [3.8, 4) is 0 Å². The van der Waals surface area contributed by atoms with Crippen LogP contribution in [0.15, 0.2) is 24.3 Å². The number of anilines is 1. The molecule has 0 spiro atoms. The number of benzene rings is 1. The van der Waals surface area contributed by atoms with Crippen molar-refractivity contribution in [3.05, 3.63) is 30.1 Å². The quantitative estimate of drug-likeness (QED) is 0.713. The summed E-state index contributed by atoms with van der Waals surface area (Å²) < 4.78 is 13.6. The molecule has 1 aromatic rings. The topological polar surface area (TPSA) is 18.5 Å². The molecule has 0 amide bonds. The zero-order valence-electron chi connectivity index (χ0n) is 11.6. The van der Waals surface area contributed by atoms with E-state index in [-0.39, 0.29) is 5.82 Å². The zero-order valence-corrected chi connectivity index (χ0v) is 11.6. The molecule has 0 radical (unpaired) electrons. The first kappa shape index (κ1) is 14.9. The fourth-order valence-electron chi connectivity index (χ4n) is 1.80. The summed E-state index contributed by atoms with van der Waals surface area (Å²) in [6, 6.07) is 6.94. The highest BCUT2D eigenvalue weighted by Crippen LogP contribution is 2.17. The van der Waals surface area contributed by atoms with Crippen LogP contribution in [0.2, 0.25) is 0 Å². The van der Waals surface area contributed by atoms with E-state index in [1.807, 2.05) is 19.1 Å². The van der Waals surface area contributed by atoms with Crippen molar-refractivity contribution in [2.24, 2.45) is 0 Å². The molecule has 1 aromatic carbocycles. The molecule has 102 valence electrons. The predicted octanol–water partition coefficient (Wildman–Crippen LogP) is 1.80. The molecule has 0 aliphatic rings. The SMILES string of the molecule is CCN(CCNCCN(C)C)c1ccccc1F. The van der Waals surface area contributed by atoms with Gasteiger partial charge in [-0.3, -0.25) is 0 Å². The van der Waals surface area contributed by atoms with E-state index >= 15 is 0 Å². The molecule has 0 aliphatic heterocycles. The monoisotopic (exact) mass is 253 g/mol. The number of nitrogens with zero attached hydrogens (tertiary/aromatic N) is 2. The van der Waals surface area contributed by atoms with Gasteiger partial charge in [-0.2, -0.15) is 0 Å². The summed E-state index contributed by atoms with van der Waals surface area (Å²) in [5.41, 5.74) is 0.689. The molecule has 1 N–H and O–H groups in total. The van der Waals surface area contributed by atoms with Gasteiger partial charge in [0.25, 0.3) is 0 Å². The Morgan fingerprint density at radius 1 is 1.11 bits per heavy atom. The highest BCUT2D eigenvalue weighted by Gasteiger charge is 2.08. The third-order valence-electron chi connectivity index (χ3n) is 2.87. The van der Waals surface area contributed by atoms with Crippen LogP contribution < -0.4 is 10.2 Å². The molecule has 0 atom stereocenters. The average molecular weight is 253 g/mol. The molecule has 0 fully saturated rings. The van der Waals surface area contributed by atoms with Crippen LogP contribution in [0.25, 0.3) is 0 Å². The van der Waals surface area contributed by atoms with E-state index in [0.29, 0.717) is 5.69 Å². The van der Waals surface area contributed by atoms with Crippen molar-refractivity contribution in [2.75, 3.05) is 51.7 Å². The molecule has 18 heavy (non-hydrogen) atoms. The first-order valence-corrected chi connectivity index (χ1v) is 6.50. The lowest BCUT2D eigenvalue weighted by atomic mass is 10.2. The van der Waals surface area contributed by atoms with Crippen molar-refractivity contribution in [1.82, 2.24) is 10.2 Å².